The summed E-state index contributed by atoms with van der Waals surface area (Å²) in [5.74, 6) is 0. The third-order valence-corrected chi connectivity index (χ3v) is 13.4. The molecule has 2 aromatic heterocycles. The molecule has 9 aromatic carbocycles. The molecule has 0 bridgehead atoms. The van der Waals surface area contributed by atoms with Crippen molar-refractivity contribution in [3.8, 4) is 22.3 Å². The van der Waals surface area contributed by atoms with Crippen molar-refractivity contribution in [2.24, 2.45) is 0 Å². The molecule has 0 saturated heterocycles. The lowest BCUT2D eigenvalue weighted by Crippen LogP contribution is -2.28. The monoisotopic (exact) mass is 757 g/mol. The van der Waals surface area contributed by atoms with E-state index in [1.807, 2.05) is 11.3 Å². The highest BCUT2D eigenvalue weighted by Gasteiger charge is 2.47. The van der Waals surface area contributed by atoms with Crippen LogP contribution in [0.15, 0.2) is 217 Å². The smallest absolute Gasteiger partial charge is 0.159 e. The van der Waals surface area contributed by atoms with Crippen molar-refractivity contribution in [2.75, 3.05) is 4.90 Å². The molecule has 2 nitrogen and oxygen atoms in total. The standard InChI is InChI=1S/C55H35NOS/c1-3-16-36(17-4-1)37-32-34-39(35-33-37)56(50-30-15-25-45-42-22-9-12-31-51(42)58-54(45)50)49-29-14-24-44-43-23-13-28-48(52(43)57-53(44)49)55(38-18-5-2-6-19-38)46-26-10-7-20-40(46)41-21-8-11-27-47(41)55/h1-35H. The Morgan fingerprint density at radius 1 is 0.379 bits per heavy atom. The van der Waals surface area contributed by atoms with E-state index in [0.717, 1.165) is 44.6 Å². The van der Waals surface area contributed by atoms with Crippen LogP contribution in [0.3, 0.4) is 0 Å². The zero-order valence-electron chi connectivity index (χ0n) is 31.5. The predicted molar refractivity (Wildman–Crippen MR) is 244 cm³/mol. The van der Waals surface area contributed by atoms with E-state index in [2.05, 4.69) is 217 Å². The highest BCUT2D eigenvalue weighted by atomic mass is 32.1. The van der Waals surface area contributed by atoms with Crippen LogP contribution in [0.2, 0.25) is 0 Å². The van der Waals surface area contributed by atoms with Crippen molar-refractivity contribution in [1.82, 2.24) is 0 Å². The highest BCUT2D eigenvalue weighted by molar-refractivity contribution is 7.26. The Balaban J connectivity index is 1.14. The first-order chi connectivity index (χ1) is 28.8. The second-order valence-electron chi connectivity index (χ2n) is 15.1. The van der Waals surface area contributed by atoms with Crippen LogP contribution < -0.4 is 4.90 Å². The van der Waals surface area contributed by atoms with E-state index in [0.29, 0.717) is 0 Å². The average Bonchev–Trinajstić information content (AvgIpc) is 3.97. The third kappa shape index (κ3) is 4.71. The molecule has 0 spiro atoms. The van der Waals surface area contributed by atoms with Crippen LogP contribution in [-0.4, -0.2) is 0 Å². The molecule has 0 atom stereocenters. The fourth-order valence-electron chi connectivity index (χ4n) is 9.71. The number of thiophene rings is 1. The zero-order chi connectivity index (χ0) is 38.2. The Kier molecular flexibility index (Phi) is 7.35. The second-order valence-corrected chi connectivity index (χ2v) is 16.2. The minimum atomic E-state index is -0.586. The molecule has 58 heavy (non-hydrogen) atoms. The van der Waals surface area contributed by atoms with E-state index in [1.165, 1.54) is 59.1 Å². The summed E-state index contributed by atoms with van der Waals surface area (Å²) in [5, 5.41) is 4.72. The lowest BCUT2D eigenvalue weighted by Gasteiger charge is -2.33. The van der Waals surface area contributed by atoms with E-state index in [1.54, 1.807) is 0 Å². The van der Waals surface area contributed by atoms with Crippen LogP contribution >= 0.6 is 11.3 Å². The molecular weight excluding hydrogens is 723 g/mol. The third-order valence-electron chi connectivity index (χ3n) is 12.2. The first-order valence-electron chi connectivity index (χ1n) is 19.8. The molecule has 2 heterocycles. The Hall–Kier alpha value is -7.20. The van der Waals surface area contributed by atoms with E-state index in [9.17, 15) is 0 Å². The van der Waals surface area contributed by atoms with Crippen molar-refractivity contribution in [3.63, 3.8) is 0 Å². The maximum absolute atomic E-state index is 7.45. The molecule has 272 valence electrons. The average molecular weight is 758 g/mol. The minimum absolute atomic E-state index is 0.586. The van der Waals surface area contributed by atoms with Crippen LogP contribution in [-0.2, 0) is 5.41 Å². The van der Waals surface area contributed by atoms with Gasteiger partial charge in [-0.3, -0.25) is 0 Å². The molecule has 0 amide bonds. The number of rotatable bonds is 6. The van der Waals surface area contributed by atoms with Crippen LogP contribution in [0.25, 0.3) is 64.4 Å². The molecule has 1 aliphatic carbocycles. The van der Waals surface area contributed by atoms with Crippen LogP contribution in [0.5, 0.6) is 0 Å². The van der Waals surface area contributed by atoms with E-state index < -0.39 is 5.41 Å². The Morgan fingerprint density at radius 3 is 1.66 bits per heavy atom. The van der Waals surface area contributed by atoms with Gasteiger partial charge in [0.2, 0.25) is 0 Å². The normalized spacial score (nSPS) is 13.0. The van der Waals surface area contributed by atoms with Crippen molar-refractivity contribution in [2.45, 2.75) is 5.41 Å². The lowest BCUT2D eigenvalue weighted by atomic mass is 9.67. The van der Waals surface area contributed by atoms with Gasteiger partial charge in [-0.05, 0) is 69.3 Å². The minimum Gasteiger partial charge on any atom is -0.453 e. The summed E-state index contributed by atoms with van der Waals surface area (Å²) in [6.07, 6.45) is 0. The van der Waals surface area contributed by atoms with E-state index >= 15 is 0 Å². The summed E-state index contributed by atoms with van der Waals surface area (Å²) >= 11 is 1.85. The fourth-order valence-corrected chi connectivity index (χ4v) is 10.9. The number of furan rings is 1. The topological polar surface area (TPSA) is 16.4 Å². The quantitative estimate of drug-likeness (QED) is 0.168. The Bertz CT molecular complexity index is 3300. The van der Waals surface area contributed by atoms with Gasteiger partial charge < -0.3 is 9.32 Å². The van der Waals surface area contributed by atoms with Crippen LogP contribution in [0, 0.1) is 0 Å². The molecule has 0 N–H and O–H groups in total. The first kappa shape index (κ1) is 33.0. The molecule has 11 aromatic rings. The number of anilines is 3. The summed E-state index contributed by atoms with van der Waals surface area (Å²) in [6, 6.07) is 77.1. The van der Waals surface area contributed by atoms with Gasteiger partial charge in [-0.2, -0.15) is 0 Å². The Morgan fingerprint density at radius 2 is 0.914 bits per heavy atom. The van der Waals surface area contributed by atoms with Crippen molar-refractivity contribution in [3.05, 3.63) is 235 Å². The van der Waals surface area contributed by atoms with Gasteiger partial charge >= 0.3 is 0 Å². The SMILES string of the molecule is c1ccc(-c2ccc(N(c3cccc4c3oc3c(C5(c6ccccc6)c6ccccc6-c6ccccc65)cccc34)c3cccc4c3sc3ccccc34)cc2)cc1. The van der Waals surface area contributed by atoms with Gasteiger partial charge in [-0.25, -0.2) is 0 Å². The molecule has 0 saturated carbocycles. The number of hydrogen-bond acceptors (Lipinski definition) is 3. The molecule has 12 rings (SSSR count). The number of benzene rings is 9. The summed E-state index contributed by atoms with van der Waals surface area (Å²) in [4.78, 5) is 2.41. The molecule has 0 radical (unpaired) electrons. The molecule has 0 fully saturated rings. The lowest BCUT2D eigenvalue weighted by molar-refractivity contribution is 0.648. The first-order valence-corrected chi connectivity index (χ1v) is 20.7. The van der Waals surface area contributed by atoms with Crippen LogP contribution in [0.4, 0.5) is 17.1 Å². The maximum atomic E-state index is 7.45. The summed E-state index contributed by atoms with van der Waals surface area (Å²) in [6.45, 7) is 0. The van der Waals surface area contributed by atoms with Gasteiger partial charge in [0.1, 0.15) is 5.58 Å². The summed E-state index contributed by atoms with van der Waals surface area (Å²) in [5.41, 5.74) is 14.2. The maximum Gasteiger partial charge on any atom is 0.159 e. The molecule has 0 unspecified atom stereocenters. The molecule has 3 heteroatoms. The van der Waals surface area contributed by atoms with Crippen LogP contribution in [0.1, 0.15) is 22.3 Å². The van der Waals surface area contributed by atoms with Gasteiger partial charge in [-0.15, -0.1) is 11.3 Å². The van der Waals surface area contributed by atoms with Gasteiger partial charge in [-0.1, -0.05) is 182 Å². The molecular formula is C55H35NOS. The Labute approximate surface area is 340 Å². The number of para-hydroxylation sites is 2. The van der Waals surface area contributed by atoms with Gasteiger partial charge in [0.15, 0.2) is 5.58 Å². The highest BCUT2D eigenvalue weighted by Crippen LogP contribution is 2.58. The second kappa shape index (κ2) is 12.9. The van der Waals surface area contributed by atoms with Gasteiger partial charge in [0.25, 0.3) is 0 Å². The summed E-state index contributed by atoms with van der Waals surface area (Å²) < 4.78 is 9.97. The van der Waals surface area contributed by atoms with Gasteiger partial charge in [0.05, 0.1) is 21.5 Å². The summed E-state index contributed by atoms with van der Waals surface area (Å²) in [7, 11) is 0. The number of fused-ring (bicyclic) bond motifs is 9. The number of hydrogen-bond donors (Lipinski definition) is 0. The molecule has 0 aliphatic heterocycles. The van der Waals surface area contributed by atoms with Gasteiger partial charge in [0, 0.05) is 37.5 Å². The van der Waals surface area contributed by atoms with E-state index in [4.69, 9.17) is 4.42 Å². The fraction of sp³-hybridized carbons (Fsp3) is 0.0182. The van der Waals surface area contributed by atoms with Crippen molar-refractivity contribution >= 4 is 70.5 Å². The van der Waals surface area contributed by atoms with Crippen molar-refractivity contribution in [1.29, 1.82) is 0 Å². The van der Waals surface area contributed by atoms with Crippen molar-refractivity contribution < 1.29 is 4.42 Å². The largest absolute Gasteiger partial charge is 0.453 e. The molecule has 1 aliphatic rings. The zero-order valence-corrected chi connectivity index (χ0v) is 32.3. The van der Waals surface area contributed by atoms with E-state index in [-0.39, 0.29) is 0 Å². The number of nitrogens with zero attached hydrogens (tertiary/aromatic N) is 1. The predicted octanol–water partition coefficient (Wildman–Crippen LogP) is 15.5.